The topological polar surface area (TPSA) is 29.9 Å². The normalized spacial score (nSPS) is 11.0. The van der Waals surface area contributed by atoms with Crippen molar-refractivity contribution in [3.05, 3.63) is 30.1 Å². The maximum absolute atomic E-state index is 4.43. The smallest absolute Gasteiger partial charge is 0.139 e. The Morgan fingerprint density at radius 3 is 3.14 bits per heavy atom. The lowest BCUT2D eigenvalue weighted by molar-refractivity contribution is 0.658. The number of hydrogen-bond acceptors (Lipinski definition) is 2. The zero-order valence-electron chi connectivity index (χ0n) is 8.62. The summed E-state index contributed by atoms with van der Waals surface area (Å²) in [5.74, 6) is 0. The van der Waals surface area contributed by atoms with Gasteiger partial charge in [-0.2, -0.15) is 0 Å². The van der Waals surface area contributed by atoms with E-state index in [4.69, 9.17) is 0 Å². The number of nitrogens with one attached hydrogen (secondary N) is 1. The van der Waals surface area contributed by atoms with Crippen LogP contribution >= 0.6 is 0 Å². The number of fused-ring (bicyclic) bond motifs is 1. The van der Waals surface area contributed by atoms with Crippen LogP contribution in [0.5, 0.6) is 0 Å². The van der Waals surface area contributed by atoms with Crippen molar-refractivity contribution in [2.24, 2.45) is 0 Å². The fraction of sp³-hybridized carbons (Fsp3) is 0.364. The number of rotatable bonds is 3. The van der Waals surface area contributed by atoms with Crippen molar-refractivity contribution < 1.29 is 0 Å². The van der Waals surface area contributed by atoms with E-state index in [-0.39, 0.29) is 0 Å². The average Bonchev–Trinajstić information content (AvgIpc) is 2.57. The Balaban J connectivity index is 2.37. The molecular formula is C11H15N3. The largest absolute Gasteiger partial charge is 0.331 e. The Morgan fingerprint density at radius 1 is 1.50 bits per heavy atom. The van der Waals surface area contributed by atoms with Crippen molar-refractivity contribution in [3.8, 4) is 0 Å². The van der Waals surface area contributed by atoms with Gasteiger partial charge in [0.05, 0.1) is 0 Å². The Hall–Kier alpha value is -1.35. The lowest BCUT2D eigenvalue weighted by Gasteiger charge is -2.03. The van der Waals surface area contributed by atoms with Gasteiger partial charge in [0.15, 0.2) is 0 Å². The highest BCUT2D eigenvalue weighted by molar-refractivity contribution is 5.76. The van der Waals surface area contributed by atoms with Crippen LogP contribution in [0.2, 0.25) is 0 Å². The lowest BCUT2D eigenvalue weighted by Crippen LogP contribution is -2.14. The maximum atomic E-state index is 4.43. The zero-order chi connectivity index (χ0) is 9.97. The summed E-state index contributed by atoms with van der Waals surface area (Å²) in [4.78, 5) is 4.43. The Labute approximate surface area is 83.8 Å². The Kier molecular flexibility index (Phi) is 2.50. The maximum Gasteiger partial charge on any atom is 0.139 e. The van der Waals surface area contributed by atoms with Gasteiger partial charge in [-0.25, -0.2) is 4.98 Å². The summed E-state index contributed by atoms with van der Waals surface area (Å²) < 4.78 is 2.17. The fourth-order valence-electron chi connectivity index (χ4n) is 1.60. The molecule has 0 bridgehead atoms. The van der Waals surface area contributed by atoms with Crippen LogP contribution in [-0.2, 0) is 6.54 Å². The van der Waals surface area contributed by atoms with Gasteiger partial charge in [-0.15, -0.1) is 0 Å². The molecule has 3 heteroatoms. The van der Waals surface area contributed by atoms with Crippen molar-refractivity contribution in [2.75, 3.05) is 13.6 Å². The first-order valence-electron chi connectivity index (χ1n) is 4.87. The molecule has 0 spiro atoms. The number of aryl methyl sites for hydroxylation is 1. The number of aromatic nitrogens is 2. The van der Waals surface area contributed by atoms with E-state index in [9.17, 15) is 0 Å². The van der Waals surface area contributed by atoms with Gasteiger partial charge < -0.3 is 9.88 Å². The monoisotopic (exact) mass is 189 g/mol. The third-order valence-electron chi connectivity index (χ3n) is 2.34. The second-order valence-corrected chi connectivity index (χ2v) is 3.54. The molecule has 0 amide bonds. The van der Waals surface area contributed by atoms with Gasteiger partial charge in [-0.1, -0.05) is 0 Å². The zero-order valence-corrected chi connectivity index (χ0v) is 8.62. The first-order valence-corrected chi connectivity index (χ1v) is 4.87. The second kappa shape index (κ2) is 3.80. The number of hydrogen-bond donors (Lipinski definition) is 1. The predicted molar refractivity (Wildman–Crippen MR) is 58.4 cm³/mol. The average molecular weight is 189 g/mol. The van der Waals surface area contributed by atoms with Crippen molar-refractivity contribution in [1.82, 2.24) is 14.9 Å². The molecule has 0 unspecified atom stereocenters. The molecule has 3 nitrogen and oxygen atoms in total. The van der Waals surface area contributed by atoms with E-state index in [0.29, 0.717) is 0 Å². The molecule has 0 fully saturated rings. The Bertz CT molecular complexity index is 431. The Morgan fingerprint density at radius 2 is 2.36 bits per heavy atom. The molecule has 2 aromatic heterocycles. The van der Waals surface area contributed by atoms with Gasteiger partial charge in [0.2, 0.25) is 0 Å². The summed E-state index contributed by atoms with van der Waals surface area (Å²) >= 11 is 0. The van der Waals surface area contributed by atoms with Crippen molar-refractivity contribution >= 4 is 11.0 Å². The minimum atomic E-state index is 0.968. The number of pyridine rings is 1. The van der Waals surface area contributed by atoms with E-state index < -0.39 is 0 Å². The molecule has 0 radical (unpaired) electrons. The van der Waals surface area contributed by atoms with E-state index in [1.165, 1.54) is 10.9 Å². The van der Waals surface area contributed by atoms with Gasteiger partial charge in [0.25, 0.3) is 0 Å². The van der Waals surface area contributed by atoms with Gasteiger partial charge in [-0.05, 0) is 31.7 Å². The summed E-state index contributed by atoms with van der Waals surface area (Å²) in [7, 11) is 1.96. The predicted octanol–water partition coefficient (Wildman–Crippen LogP) is 1.56. The van der Waals surface area contributed by atoms with Crippen LogP contribution in [0.25, 0.3) is 11.0 Å². The molecule has 0 aliphatic heterocycles. The molecule has 2 aromatic rings. The molecule has 0 saturated heterocycles. The molecule has 0 aliphatic carbocycles. The van der Waals surface area contributed by atoms with Crippen LogP contribution in [0.1, 0.15) is 5.56 Å². The second-order valence-electron chi connectivity index (χ2n) is 3.54. The van der Waals surface area contributed by atoms with Gasteiger partial charge in [-0.3, -0.25) is 0 Å². The molecule has 2 heterocycles. The minimum absolute atomic E-state index is 0.968. The van der Waals surface area contributed by atoms with E-state index >= 15 is 0 Å². The fourth-order valence-corrected chi connectivity index (χ4v) is 1.60. The van der Waals surface area contributed by atoms with Gasteiger partial charge in [0, 0.05) is 30.9 Å². The molecule has 0 aliphatic rings. The molecule has 1 N–H and O–H groups in total. The quantitative estimate of drug-likeness (QED) is 0.794. The van der Waals surface area contributed by atoms with Crippen LogP contribution in [0, 0.1) is 6.92 Å². The van der Waals surface area contributed by atoms with Crippen LogP contribution in [0.4, 0.5) is 0 Å². The summed E-state index contributed by atoms with van der Waals surface area (Å²) in [5.41, 5.74) is 2.29. The standard InChI is InChI=1S/C11H15N3/c1-9-7-10-3-5-14(6-4-12-2)11(10)13-8-9/h3,5,7-8,12H,4,6H2,1-2H3. The first-order chi connectivity index (χ1) is 6.81. The number of likely N-dealkylation sites (N-methyl/N-ethyl adjacent to an activating group) is 1. The molecule has 14 heavy (non-hydrogen) atoms. The van der Waals surface area contributed by atoms with Crippen LogP contribution in [-0.4, -0.2) is 23.1 Å². The molecule has 0 atom stereocenters. The van der Waals surface area contributed by atoms with Crippen molar-refractivity contribution in [1.29, 1.82) is 0 Å². The molecular weight excluding hydrogens is 174 g/mol. The SMILES string of the molecule is CNCCn1ccc2cc(C)cnc21. The van der Waals surface area contributed by atoms with E-state index in [2.05, 4.69) is 40.1 Å². The first kappa shape index (κ1) is 9.21. The van der Waals surface area contributed by atoms with Crippen molar-refractivity contribution in [3.63, 3.8) is 0 Å². The van der Waals surface area contributed by atoms with Crippen LogP contribution < -0.4 is 5.32 Å². The summed E-state index contributed by atoms with van der Waals surface area (Å²) in [5, 5.41) is 4.36. The van der Waals surface area contributed by atoms with E-state index in [1.54, 1.807) is 0 Å². The highest BCUT2D eigenvalue weighted by atomic mass is 15.0. The van der Waals surface area contributed by atoms with E-state index in [1.807, 2.05) is 13.2 Å². The molecule has 0 aromatic carbocycles. The molecule has 2 rings (SSSR count). The minimum Gasteiger partial charge on any atom is -0.331 e. The van der Waals surface area contributed by atoms with Gasteiger partial charge in [0.1, 0.15) is 5.65 Å². The summed E-state index contributed by atoms with van der Waals surface area (Å²) in [6, 6.07) is 4.28. The molecule has 74 valence electrons. The van der Waals surface area contributed by atoms with Gasteiger partial charge >= 0.3 is 0 Å². The lowest BCUT2D eigenvalue weighted by atomic mass is 10.2. The summed E-state index contributed by atoms with van der Waals surface area (Å²) in [6.07, 6.45) is 4.01. The summed E-state index contributed by atoms with van der Waals surface area (Å²) in [6.45, 7) is 4.01. The highest BCUT2D eigenvalue weighted by Gasteiger charge is 2.00. The number of nitrogens with zero attached hydrogens (tertiary/aromatic N) is 2. The van der Waals surface area contributed by atoms with E-state index in [0.717, 1.165) is 18.7 Å². The third-order valence-corrected chi connectivity index (χ3v) is 2.34. The third kappa shape index (κ3) is 1.63. The molecule has 0 saturated carbocycles. The highest BCUT2D eigenvalue weighted by Crippen LogP contribution is 2.13. The van der Waals surface area contributed by atoms with Crippen molar-refractivity contribution in [2.45, 2.75) is 13.5 Å². The van der Waals surface area contributed by atoms with Crippen LogP contribution in [0.3, 0.4) is 0 Å². The van der Waals surface area contributed by atoms with Crippen LogP contribution in [0.15, 0.2) is 24.5 Å².